The maximum Gasteiger partial charge on any atom is 0.335 e. The predicted molar refractivity (Wildman–Crippen MR) is 121 cm³/mol. The van der Waals surface area contributed by atoms with E-state index in [1.165, 1.54) is 24.7 Å². The number of aryl methyl sites for hydroxylation is 1. The van der Waals surface area contributed by atoms with Crippen LogP contribution in [0.15, 0.2) is 43.1 Å². The van der Waals surface area contributed by atoms with E-state index in [0.29, 0.717) is 24.7 Å². The van der Waals surface area contributed by atoms with Gasteiger partial charge < -0.3 is 19.9 Å². The Morgan fingerprint density at radius 1 is 1.09 bits per heavy atom. The number of fused-ring (bicyclic) bond motifs is 1. The number of hydrogen-bond acceptors (Lipinski definition) is 7. The highest BCUT2D eigenvalue weighted by Crippen LogP contribution is 2.33. The van der Waals surface area contributed by atoms with E-state index in [4.69, 9.17) is 5.11 Å². The summed E-state index contributed by atoms with van der Waals surface area (Å²) in [6, 6.07) is 3.46. The van der Waals surface area contributed by atoms with Gasteiger partial charge in [0.25, 0.3) is 0 Å². The zero-order valence-electron chi connectivity index (χ0n) is 18.2. The van der Waals surface area contributed by atoms with Crippen molar-refractivity contribution >= 4 is 34.5 Å². The molecule has 1 aliphatic heterocycles. The molecular weight excluding hydrogens is 444 g/mol. The first-order valence-corrected chi connectivity index (χ1v) is 10.7. The molecule has 0 amide bonds. The average Bonchev–Trinajstić information content (AvgIpc) is 3.18. The van der Waals surface area contributed by atoms with Gasteiger partial charge in [0.15, 0.2) is 5.82 Å². The first-order valence-electron chi connectivity index (χ1n) is 10.7. The quantitative estimate of drug-likeness (QED) is 0.454. The van der Waals surface area contributed by atoms with Crippen LogP contribution in [0.2, 0.25) is 0 Å². The lowest BCUT2D eigenvalue weighted by Crippen LogP contribution is -2.35. The number of benzene rings is 1. The number of carbonyl (C=O) groups is 1. The SMILES string of the molecule is Cc1cnc(N2CCC(n3cc(F)c4c(Nc5ccc(C(=O)O)cc5F)ncnc43)CC2)nc1. The molecule has 0 aliphatic carbocycles. The van der Waals surface area contributed by atoms with Crippen molar-refractivity contribution in [2.24, 2.45) is 0 Å². The third-order valence-corrected chi connectivity index (χ3v) is 5.94. The van der Waals surface area contributed by atoms with Gasteiger partial charge in [0, 0.05) is 37.7 Å². The summed E-state index contributed by atoms with van der Waals surface area (Å²) in [6.45, 7) is 3.37. The third kappa shape index (κ3) is 4.00. The summed E-state index contributed by atoms with van der Waals surface area (Å²) in [4.78, 5) is 30.3. The van der Waals surface area contributed by atoms with Gasteiger partial charge in [0.2, 0.25) is 5.95 Å². The van der Waals surface area contributed by atoms with Crippen molar-refractivity contribution in [1.82, 2.24) is 24.5 Å². The van der Waals surface area contributed by atoms with Crippen molar-refractivity contribution in [1.29, 1.82) is 0 Å². The summed E-state index contributed by atoms with van der Waals surface area (Å²) >= 11 is 0. The molecule has 1 aromatic carbocycles. The molecule has 1 fully saturated rings. The molecule has 11 heteroatoms. The molecule has 1 saturated heterocycles. The third-order valence-electron chi connectivity index (χ3n) is 5.94. The highest BCUT2D eigenvalue weighted by Gasteiger charge is 2.26. The number of piperidine rings is 1. The average molecular weight is 465 g/mol. The van der Waals surface area contributed by atoms with Gasteiger partial charge in [-0.25, -0.2) is 33.5 Å². The van der Waals surface area contributed by atoms with Gasteiger partial charge in [-0.05, 0) is 43.5 Å². The summed E-state index contributed by atoms with van der Waals surface area (Å²) in [5.41, 5.74) is 1.21. The second-order valence-corrected chi connectivity index (χ2v) is 8.21. The number of aromatic carboxylic acids is 1. The molecular formula is C23H21F2N7O2. The van der Waals surface area contributed by atoms with E-state index in [0.717, 1.165) is 24.5 Å². The van der Waals surface area contributed by atoms with Crippen LogP contribution in [0.5, 0.6) is 0 Å². The van der Waals surface area contributed by atoms with Crippen LogP contribution in [0.3, 0.4) is 0 Å². The zero-order chi connectivity index (χ0) is 23.8. The van der Waals surface area contributed by atoms with Crippen molar-refractivity contribution in [2.75, 3.05) is 23.3 Å². The molecule has 4 heterocycles. The highest BCUT2D eigenvalue weighted by atomic mass is 19.1. The van der Waals surface area contributed by atoms with Crippen LogP contribution in [0.25, 0.3) is 11.0 Å². The van der Waals surface area contributed by atoms with E-state index in [-0.39, 0.29) is 28.5 Å². The maximum absolute atomic E-state index is 15.0. The Morgan fingerprint density at radius 3 is 2.50 bits per heavy atom. The van der Waals surface area contributed by atoms with Crippen molar-refractivity contribution in [3.8, 4) is 0 Å². The van der Waals surface area contributed by atoms with Gasteiger partial charge in [-0.2, -0.15) is 0 Å². The number of nitrogens with zero attached hydrogens (tertiary/aromatic N) is 6. The Morgan fingerprint density at radius 2 is 1.82 bits per heavy atom. The van der Waals surface area contributed by atoms with Crippen LogP contribution in [-0.4, -0.2) is 48.7 Å². The fourth-order valence-electron chi connectivity index (χ4n) is 4.18. The van der Waals surface area contributed by atoms with E-state index >= 15 is 4.39 Å². The normalized spacial score (nSPS) is 14.5. The topological polar surface area (TPSA) is 109 Å². The Labute approximate surface area is 193 Å². The van der Waals surface area contributed by atoms with Crippen LogP contribution < -0.4 is 10.2 Å². The minimum Gasteiger partial charge on any atom is -0.478 e. The summed E-state index contributed by atoms with van der Waals surface area (Å²) < 4.78 is 31.2. The second kappa shape index (κ2) is 8.65. The van der Waals surface area contributed by atoms with E-state index in [9.17, 15) is 9.18 Å². The number of aromatic nitrogens is 5. The summed E-state index contributed by atoms with van der Waals surface area (Å²) in [7, 11) is 0. The standard InChI is InChI=1S/C23H21F2N7O2/c1-13-9-26-23(27-10-13)31-6-4-15(5-7-31)32-11-17(25)19-20(28-12-29-21(19)32)30-18-3-2-14(22(33)34)8-16(18)24/h2-3,8-12,15H,4-7H2,1H3,(H,33,34)(H,28,29,30). The van der Waals surface area contributed by atoms with Gasteiger partial charge in [0.1, 0.15) is 23.6 Å². The minimum absolute atomic E-state index is 0.0106. The molecule has 174 valence electrons. The number of carboxylic acid groups (broad SMARTS) is 1. The van der Waals surface area contributed by atoms with Crippen molar-refractivity contribution < 1.29 is 18.7 Å². The van der Waals surface area contributed by atoms with Crippen LogP contribution in [0.1, 0.15) is 34.8 Å². The maximum atomic E-state index is 15.0. The summed E-state index contributed by atoms with van der Waals surface area (Å²) in [5.74, 6) is -1.76. The molecule has 2 N–H and O–H groups in total. The van der Waals surface area contributed by atoms with Crippen molar-refractivity contribution in [3.63, 3.8) is 0 Å². The molecule has 9 nitrogen and oxygen atoms in total. The molecule has 4 aromatic rings. The molecule has 3 aromatic heterocycles. The summed E-state index contributed by atoms with van der Waals surface area (Å²) in [6.07, 6.45) is 7.76. The lowest BCUT2D eigenvalue weighted by atomic mass is 10.1. The van der Waals surface area contributed by atoms with Crippen LogP contribution in [0, 0.1) is 18.6 Å². The number of anilines is 3. The zero-order valence-corrected chi connectivity index (χ0v) is 18.2. The number of nitrogens with one attached hydrogen (secondary N) is 1. The lowest BCUT2D eigenvalue weighted by molar-refractivity contribution is 0.0696. The number of halogens is 2. The van der Waals surface area contributed by atoms with E-state index in [1.54, 1.807) is 17.0 Å². The first-order chi connectivity index (χ1) is 16.4. The minimum atomic E-state index is -1.24. The molecule has 0 saturated carbocycles. The fourth-order valence-corrected chi connectivity index (χ4v) is 4.18. The van der Waals surface area contributed by atoms with E-state index in [1.807, 2.05) is 6.92 Å². The number of rotatable bonds is 5. The van der Waals surface area contributed by atoms with Gasteiger partial charge in [-0.3, -0.25) is 0 Å². The smallest absolute Gasteiger partial charge is 0.335 e. The van der Waals surface area contributed by atoms with Gasteiger partial charge in [-0.1, -0.05) is 0 Å². The Balaban J connectivity index is 1.39. The fraction of sp³-hybridized carbons (Fsp3) is 0.261. The highest BCUT2D eigenvalue weighted by molar-refractivity contribution is 5.91. The molecule has 34 heavy (non-hydrogen) atoms. The van der Waals surface area contributed by atoms with E-state index < -0.39 is 17.6 Å². The van der Waals surface area contributed by atoms with Crippen molar-refractivity contribution in [2.45, 2.75) is 25.8 Å². The number of hydrogen-bond donors (Lipinski definition) is 2. The van der Waals surface area contributed by atoms with Gasteiger partial charge in [0.05, 0.1) is 16.6 Å². The predicted octanol–water partition coefficient (Wildman–Crippen LogP) is 4.09. The molecule has 0 spiro atoms. The second-order valence-electron chi connectivity index (χ2n) is 8.21. The Hall–Kier alpha value is -4.15. The molecule has 5 rings (SSSR count). The van der Waals surface area contributed by atoms with Crippen molar-refractivity contribution in [3.05, 3.63) is 65.9 Å². The van der Waals surface area contributed by atoms with Crippen LogP contribution in [0.4, 0.5) is 26.2 Å². The van der Waals surface area contributed by atoms with Crippen LogP contribution in [-0.2, 0) is 0 Å². The molecule has 0 atom stereocenters. The van der Waals surface area contributed by atoms with Gasteiger partial charge in [-0.15, -0.1) is 0 Å². The van der Waals surface area contributed by atoms with Crippen LogP contribution >= 0.6 is 0 Å². The van der Waals surface area contributed by atoms with E-state index in [2.05, 4.69) is 30.2 Å². The monoisotopic (exact) mass is 465 g/mol. The Bertz CT molecular complexity index is 1370. The molecule has 0 unspecified atom stereocenters. The largest absolute Gasteiger partial charge is 0.478 e. The molecule has 0 radical (unpaired) electrons. The molecule has 0 bridgehead atoms. The first kappa shape index (κ1) is 21.7. The summed E-state index contributed by atoms with van der Waals surface area (Å²) in [5, 5.41) is 11.9. The lowest BCUT2D eigenvalue weighted by Gasteiger charge is -2.32. The molecule has 1 aliphatic rings. The number of carboxylic acids is 1. The Kier molecular flexibility index (Phi) is 5.52. The van der Waals surface area contributed by atoms with Gasteiger partial charge >= 0.3 is 5.97 Å².